The van der Waals surface area contributed by atoms with Gasteiger partial charge in [0, 0.05) is 0 Å². The number of carboxylic acid groups (broad SMARTS) is 1. The molecule has 0 radical (unpaired) electrons. The molecule has 1 aliphatic rings. The lowest BCUT2D eigenvalue weighted by Crippen LogP contribution is -2.52. The summed E-state index contributed by atoms with van der Waals surface area (Å²) in [6, 6.07) is -1.01. The van der Waals surface area contributed by atoms with E-state index in [4.69, 9.17) is 5.11 Å². The van der Waals surface area contributed by atoms with Crippen molar-refractivity contribution in [1.29, 1.82) is 0 Å². The average Bonchev–Trinajstić information content (AvgIpc) is 2.15. The molecule has 90 valence electrons. The van der Waals surface area contributed by atoms with Gasteiger partial charge < -0.3 is 5.11 Å². The Morgan fingerprint density at radius 2 is 1.88 bits per heavy atom. The molecule has 0 saturated carbocycles. The minimum Gasteiger partial charge on any atom is -0.480 e. The van der Waals surface area contributed by atoms with Gasteiger partial charge in [0.2, 0.25) is 11.8 Å². The zero-order valence-electron chi connectivity index (χ0n) is 9.30. The Morgan fingerprint density at radius 3 is 2.25 bits per heavy atom. The zero-order chi connectivity index (χ0) is 12.3. The lowest BCUT2D eigenvalue weighted by Gasteiger charge is -2.30. The van der Waals surface area contributed by atoms with E-state index in [1.54, 1.807) is 0 Å². The molecule has 0 aromatic heterocycles. The van der Waals surface area contributed by atoms with Crippen molar-refractivity contribution in [2.24, 2.45) is 5.92 Å². The number of thioether (sulfide) groups is 1. The Bertz CT molecular complexity index is 300. The number of aliphatic carboxylic acids is 1. The van der Waals surface area contributed by atoms with E-state index in [0.717, 1.165) is 4.90 Å². The molecule has 0 bridgehead atoms. The molecule has 1 atom stereocenters. The Kier molecular flexibility index (Phi) is 4.35. The highest BCUT2D eigenvalue weighted by Crippen LogP contribution is 2.19. The van der Waals surface area contributed by atoms with Gasteiger partial charge in [-0.05, 0) is 12.3 Å². The van der Waals surface area contributed by atoms with Gasteiger partial charge in [0.25, 0.3) is 0 Å². The van der Waals surface area contributed by atoms with Crippen LogP contribution in [0, 0.1) is 5.92 Å². The number of carbonyl (C=O) groups is 3. The van der Waals surface area contributed by atoms with Crippen LogP contribution in [0.4, 0.5) is 0 Å². The highest BCUT2D eigenvalue weighted by atomic mass is 32.2. The number of carboxylic acids is 1. The number of nitrogens with zero attached hydrogens (tertiary/aromatic N) is 1. The van der Waals surface area contributed by atoms with E-state index in [1.807, 2.05) is 13.8 Å². The van der Waals surface area contributed by atoms with E-state index >= 15 is 0 Å². The first-order chi connectivity index (χ1) is 7.43. The molecule has 1 N–H and O–H groups in total. The Balaban J connectivity index is 2.86. The molecule has 1 fully saturated rings. The van der Waals surface area contributed by atoms with Crippen molar-refractivity contribution in [3.63, 3.8) is 0 Å². The second-order valence-corrected chi connectivity index (χ2v) is 5.12. The molecule has 1 heterocycles. The molecule has 0 aromatic rings. The van der Waals surface area contributed by atoms with Crippen LogP contribution in [-0.2, 0) is 14.4 Å². The van der Waals surface area contributed by atoms with Gasteiger partial charge in [0.05, 0.1) is 11.5 Å². The lowest BCUT2D eigenvalue weighted by molar-refractivity contribution is -0.157. The van der Waals surface area contributed by atoms with Crippen LogP contribution in [0.5, 0.6) is 0 Å². The molecule has 5 nitrogen and oxygen atoms in total. The second kappa shape index (κ2) is 5.34. The van der Waals surface area contributed by atoms with Crippen LogP contribution in [0.2, 0.25) is 0 Å². The topological polar surface area (TPSA) is 74.7 Å². The van der Waals surface area contributed by atoms with Crippen LogP contribution in [0.15, 0.2) is 0 Å². The smallest absolute Gasteiger partial charge is 0.326 e. The zero-order valence-corrected chi connectivity index (χ0v) is 10.1. The van der Waals surface area contributed by atoms with Crippen molar-refractivity contribution in [1.82, 2.24) is 4.90 Å². The minimum absolute atomic E-state index is 0.122. The first kappa shape index (κ1) is 13.0. The molecule has 2 amide bonds. The molecule has 1 unspecified atom stereocenters. The highest BCUT2D eigenvalue weighted by Gasteiger charge is 2.37. The number of imide groups is 1. The first-order valence-electron chi connectivity index (χ1n) is 5.09. The van der Waals surface area contributed by atoms with Gasteiger partial charge in [0.1, 0.15) is 6.04 Å². The summed E-state index contributed by atoms with van der Waals surface area (Å²) in [6.45, 7) is 3.73. The number of carbonyl (C=O) groups excluding carboxylic acids is 2. The fraction of sp³-hybridized carbons (Fsp3) is 0.700. The lowest BCUT2D eigenvalue weighted by atomic mass is 10.0. The molecule has 1 aliphatic heterocycles. The van der Waals surface area contributed by atoms with E-state index in [2.05, 4.69) is 0 Å². The van der Waals surface area contributed by atoms with Gasteiger partial charge in [-0.1, -0.05) is 13.8 Å². The summed E-state index contributed by atoms with van der Waals surface area (Å²) >= 11 is 1.23. The molecule has 0 aliphatic carbocycles. The third-order valence-electron chi connectivity index (χ3n) is 2.28. The fourth-order valence-corrected chi connectivity index (χ4v) is 2.34. The van der Waals surface area contributed by atoms with Crippen LogP contribution in [0.3, 0.4) is 0 Å². The maximum Gasteiger partial charge on any atom is 0.326 e. The van der Waals surface area contributed by atoms with E-state index < -0.39 is 23.8 Å². The SMILES string of the molecule is CC(C)CC(C(=O)O)N1C(=O)CSCC1=O. The van der Waals surface area contributed by atoms with Gasteiger partial charge in [-0.3, -0.25) is 14.5 Å². The van der Waals surface area contributed by atoms with Crippen molar-refractivity contribution in [3.8, 4) is 0 Å². The highest BCUT2D eigenvalue weighted by molar-refractivity contribution is 8.00. The third-order valence-corrected chi connectivity index (χ3v) is 3.18. The van der Waals surface area contributed by atoms with Gasteiger partial charge in [0.15, 0.2) is 0 Å². The van der Waals surface area contributed by atoms with Gasteiger partial charge in [-0.2, -0.15) is 0 Å². The molecule has 0 spiro atoms. The first-order valence-corrected chi connectivity index (χ1v) is 6.24. The van der Waals surface area contributed by atoms with Gasteiger partial charge >= 0.3 is 5.97 Å². The normalized spacial score (nSPS) is 19.1. The molecule has 1 rings (SSSR count). The largest absolute Gasteiger partial charge is 0.480 e. The Hall–Kier alpha value is -1.04. The maximum atomic E-state index is 11.6. The van der Waals surface area contributed by atoms with Gasteiger partial charge in [-0.15, -0.1) is 11.8 Å². The standard InChI is InChI=1S/C10H15NO4S/c1-6(2)3-7(10(14)15)11-8(12)4-16-5-9(11)13/h6-7H,3-5H2,1-2H3,(H,14,15). The number of hydrogen-bond donors (Lipinski definition) is 1. The molecule has 1 saturated heterocycles. The fourth-order valence-electron chi connectivity index (χ4n) is 1.61. The van der Waals surface area contributed by atoms with Crippen LogP contribution in [0.1, 0.15) is 20.3 Å². The maximum absolute atomic E-state index is 11.6. The van der Waals surface area contributed by atoms with E-state index in [0.29, 0.717) is 6.42 Å². The summed E-state index contributed by atoms with van der Waals surface area (Å²) in [5.41, 5.74) is 0. The molecule has 0 aromatic carbocycles. The summed E-state index contributed by atoms with van der Waals surface area (Å²) in [7, 11) is 0. The van der Waals surface area contributed by atoms with E-state index in [-0.39, 0.29) is 17.4 Å². The molecule has 6 heteroatoms. The van der Waals surface area contributed by atoms with Crippen molar-refractivity contribution < 1.29 is 19.5 Å². The van der Waals surface area contributed by atoms with Crippen LogP contribution in [0.25, 0.3) is 0 Å². The van der Waals surface area contributed by atoms with Crippen molar-refractivity contribution in [2.45, 2.75) is 26.3 Å². The summed E-state index contributed by atoms with van der Waals surface area (Å²) in [5.74, 6) is -1.40. The second-order valence-electron chi connectivity index (χ2n) is 4.13. The van der Waals surface area contributed by atoms with Crippen LogP contribution >= 0.6 is 11.8 Å². The summed E-state index contributed by atoms with van der Waals surface area (Å²) in [4.78, 5) is 35.1. The minimum atomic E-state index is -1.11. The van der Waals surface area contributed by atoms with Crippen LogP contribution < -0.4 is 0 Å². The van der Waals surface area contributed by atoms with Crippen molar-refractivity contribution in [3.05, 3.63) is 0 Å². The van der Waals surface area contributed by atoms with Crippen molar-refractivity contribution >= 4 is 29.5 Å². The monoisotopic (exact) mass is 245 g/mol. The van der Waals surface area contributed by atoms with E-state index in [9.17, 15) is 14.4 Å². The predicted molar refractivity (Wildman–Crippen MR) is 60.1 cm³/mol. The third kappa shape index (κ3) is 2.98. The summed E-state index contributed by atoms with van der Waals surface area (Å²) < 4.78 is 0. The van der Waals surface area contributed by atoms with Crippen molar-refractivity contribution in [2.75, 3.05) is 11.5 Å². The van der Waals surface area contributed by atoms with Gasteiger partial charge in [-0.25, -0.2) is 4.79 Å². The molecular formula is C10H15NO4S. The average molecular weight is 245 g/mol. The number of amides is 2. The predicted octanol–water partition coefficient (Wildman–Crippen LogP) is 0.588. The summed E-state index contributed by atoms with van der Waals surface area (Å²) in [6.07, 6.45) is 0.303. The number of hydrogen-bond acceptors (Lipinski definition) is 4. The number of rotatable bonds is 4. The van der Waals surface area contributed by atoms with Crippen LogP contribution in [-0.4, -0.2) is 45.3 Å². The van der Waals surface area contributed by atoms with E-state index in [1.165, 1.54) is 11.8 Å². The summed E-state index contributed by atoms with van der Waals surface area (Å²) in [5, 5.41) is 9.06. The molecule has 16 heavy (non-hydrogen) atoms. The molecular weight excluding hydrogens is 230 g/mol. The Labute approximate surface area is 98.2 Å². The quantitative estimate of drug-likeness (QED) is 0.734. The Morgan fingerprint density at radius 1 is 1.38 bits per heavy atom.